The molecule has 4 nitrogen and oxygen atoms in total. The zero-order valence-corrected chi connectivity index (χ0v) is 19.2. The van der Waals surface area contributed by atoms with E-state index in [0.29, 0.717) is 13.1 Å². The lowest BCUT2D eigenvalue weighted by molar-refractivity contribution is -0.687. The third-order valence-electron chi connectivity index (χ3n) is 5.13. The van der Waals surface area contributed by atoms with Gasteiger partial charge in [-0.25, -0.2) is 9.97 Å². The molecule has 0 spiro atoms. The van der Waals surface area contributed by atoms with Crippen LogP contribution in [0.5, 0.6) is 0 Å². The normalized spacial score (nSPS) is 11.2. The minimum absolute atomic E-state index is 0.614. The molecule has 0 aliphatic heterocycles. The predicted octanol–water partition coefficient (Wildman–Crippen LogP) is 5.49. The smallest absolute Gasteiger partial charge is 0.187 e. The van der Waals surface area contributed by atoms with Gasteiger partial charge < -0.3 is 10.6 Å². The fourth-order valence-corrected chi connectivity index (χ4v) is 4.82. The van der Waals surface area contributed by atoms with Gasteiger partial charge in [-0.1, -0.05) is 59.6 Å². The van der Waals surface area contributed by atoms with E-state index in [-0.39, 0.29) is 0 Å². The molecule has 0 bridgehead atoms. The fraction of sp³-hybridized carbons (Fsp3) is 0.217. The molecular formula is C23H23Cl2N4S+. The summed E-state index contributed by atoms with van der Waals surface area (Å²) in [5.41, 5.74) is 3.38. The van der Waals surface area contributed by atoms with Crippen molar-refractivity contribution in [2.45, 2.75) is 33.5 Å². The number of aryl methyl sites for hydroxylation is 2. The maximum Gasteiger partial charge on any atom is 0.187 e. The van der Waals surface area contributed by atoms with Gasteiger partial charge in [0.05, 0.1) is 5.39 Å². The Labute approximate surface area is 190 Å². The van der Waals surface area contributed by atoms with Crippen LogP contribution in [0.4, 0.5) is 5.82 Å². The lowest BCUT2D eigenvalue weighted by Gasteiger charge is -2.11. The van der Waals surface area contributed by atoms with Gasteiger partial charge in [0.1, 0.15) is 23.7 Å². The summed E-state index contributed by atoms with van der Waals surface area (Å²) in [7, 11) is 0. The van der Waals surface area contributed by atoms with Gasteiger partial charge in [0.15, 0.2) is 5.82 Å². The van der Waals surface area contributed by atoms with Crippen LogP contribution in [0.15, 0.2) is 48.5 Å². The number of nitrogens with one attached hydrogen (secondary N) is 1. The Balaban J connectivity index is 1.57. The average molecular weight is 458 g/mol. The van der Waals surface area contributed by atoms with E-state index in [1.165, 1.54) is 10.4 Å². The average Bonchev–Trinajstić information content (AvgIpc) is 3.02. The monoisotopic (exact) mass is 457 g/mol. The number of benzene rings is 2. The topological polar surface area (TPSA) is 54.4 Å². The maximum atomic E-state index is 6.33. The number of aromatic nitrogens is 2. The van der Waals surface area contributed by atoms with Gasteiger partial charge in [-0.3, -0.25) is 0 Å². The van der Waals surface area contributed by atoms with E-state index in [2.05, 4.69) is 24.5 Å². The number of hydrogen-bond donors (Lipinski definition) is 2. The molecule has 2 aromatic carbocycles. The molecule has 0 aliphatic carbocycles. The first-order valence-corrected chi connectivity index (χ1v) is 11.4. The molecule has 30 heavy (non-hydrogen) atoms. The summed E-state index contributed by atoms with van der Waals surface area (Å²) in [6, 6.07) is 15.8. The van der Waals surface area contributed by atoms with Crippen molar-refractivity contribution in [3.05, 3.63) is 86.0 Å². The van der Waals surface area contributed by atoms with Crippen molar-refractivity contribution in [3.63, 3.8) is 0 Å². The standard InChI is InChI=1S/C23H22Cl2N4S/c1-14-15(2)30-23-21(14)22(27-12-17-8-4-6-10-19(17)25)28-20(29-23)13-26-11-16-7-3-5-9-18(16)24/h3-10,26H,11-13H2,1-2H3,(H,27,28,29)/p+1. The largest absolute Gasteiger partial charge is 0.365 e. The number of hydrogen-bond acceptors (Lipinski definition) is 4. The minimum Gasteiger partial charge on any atom is -0.365 e. The van der Waals surface area contributed by atoms with E-state index in [1.807, 2.05) is 48.5 Å². The van der Waals surface area contributed by atoms with E-state index in [1.54, 1.807) is 11.3 Å². The van der Waals surface area contributed by atoms with Crippen LogP contribution in [0.25, 0.3) is 10.2 Å². The predicted molar refractivity (Wildman–Crippen MR) is 126 cm³/mol. The molecule has 3 N–H and O–H groups in total. The van der Waals surface area contributed by atoms with Crippen molar-refractivity contribution in [2.75, 3.05) is 5.32 Å². The number of rotatable bonds is 7. The van der Waals surface area contributed by atoms with Crippen LogP contribution in [0.2, 0.25) is 10.0 Å². The van der Waals surface area contributed by atoms with Crippen LogP contribution in [0.1, 0.15) is 27.4 Å². The van der Waals surface area contributed by atoms with E-state index < -0.39 is 0 Å². The summed E-state index contributed by atoms with van der Waals surface area (Å²) < 4.78 is 0. The second-order valence-corrected chi connectivity index (χ2v) is 9.20. The minimum atomic E-state index is 0.614. The van der Waals surface area contributed by atoms with E-state index in [0.717, 1.165) is 49.6 Å². The number of nitrogens with two attached hydrogens (primary N) is 1. The SMILES string of the molecule is Cc1sc2nc(C[NH2+]Cc3ccccc3Cl)nc(NCc3ccccc3Cl)c2c1C. The molecule has 4 aromatic rings. The Morgan fingerprint density at radius 2 is 1.57 bits per heavy atom. The van der Waals surface area contributed by atoms with E-state index in [9.17, 15) is 0 Å². The van der Waals surface area contributed by atoms with Crippen LogP contribution in [-0.4, -0.2) is 9.97 Å². The number of quaternary nitrogens is 1. The lowest BCUT2D eigenvalue weighted by atomic mass is 10.2. The van der Waals surface area contributed by atoms with Gasteiger partial charge in [0.2, 0.25) is 0 Å². The molecular weight excluding hydrogens is 435 g/mol. The fourth-order valence-electron chi connectivity index (χ4n) is 3.35. The first-order valence-electron chi connectivity index (χ1n) is 9.82. The van der Waals surface area contributed by atoms with Crippen LogP contribution >= 0.6 is 34.5 Å². The molecule has 7 heteroatoms. The Kier molecular flexibility index (Phi) is 6.54. The Hall–Kier alpha value is -2.18. The molecule has 2 aromatic heterocycles. The molecule has 0 atom stereocenters. The Morgan fingerprint density at radius 1 is 0.900 bits per heavy atom. The van der Waals surface area contributed by atoms with Gasteiger partial charge in [-0.05, 0) is 37.1 Å². The van der Waals surface area contributed by atoms with Gasteiger partial charge in [-0.15, -0.1) is 11.3 Å². The highest BCUT2D eigenvalue weighted by atomic mass is 35.5. The van der Waals surface area contributed by atoms with Crippen molar-refractivity contribution < 1.29 is 5.32 Å². The summed E-state index contributed by atoms with van der Waals surface area (Å²) in [5, 5.41) is 8.30. The second-order valence-electron chi connectivity index (χ2n) is 7.19. The maximum absolute atomic E-state index is 6.33. The second kappa shape index (κ2) is 9.31. The first-order chi connectivity index (χ1) is 14.5. The summed E-state index contributed by atoms with van der Waals surface area (Å²) in [4.78, 5) is 11.9. The highest BCUT2D eigenvalue weighted by Crippen LogP contribution is 2.33. The number of nitrogens with zero attached hydrogens (tertiary/aromatic N) is 2. The van der Waals surface area contributed by atoms with Crippen molar-refractivity contribution in [1.82, 2.24) is 9.97 Å². The van der Waals surface area contributed by atoms with Crippen molar-refractivity contribution >= 4 is 50.6 Å². The molecule has 0 radical (unpaired) electrons. The van der Waals surface area contributed by atoms with E-state index >= 15 is 0 Å². The molecule has 4 rings (SSSR count). The molecule has 0 unspecified atom stereocenters. The summed E-state index contributed by atoms with van der Waals surface area (Å²) in [6.45, 7) is 6.33. The van der Waals surface area contributed by atoms with Crippen molar-refractivity contribution in [2.24, 2.45) is 0 Å². The Morgan fingerprint density at radius 3 is 2.27 bits per heavy atom. The molecule has 0 fully saturated rings. The molecule has 0 aliphatic rings. The quantitative estimate of drug-likeness (QED) is 0.385. The van der Waals surface area contributed by atoms with Gasteiger partial charge in [0, 0.05) is 27.0 Å². The molecule has 0 saturated carbocycles. The summed E-state index contributed by atoms with van der Waals surface area (Å²) >= 11 is 14.3. The van der Waals surface area contributed by atoms with Crippen molar-refractivity contribution in [3.8, 4) is 0 Å². The van der Waals surface area contributed by atoms with Gasteiger partial charge in [0.25, 0.3) is 0 Å². The van der Waals surface area contributed by atoms with Crippen LogP contribution in [0, 0.1) is 13.8 Å². The zero-order valence-electron chi connectivity index (χ0n) is 16.9. The Bertz CT molecular complexity index is 1190. The van der Waals surface area contributed by atoms with Gasteiger partial charge >= 0.3 is 0 Å². The number of thiophene rings is 1. The van der Waals surface area contributed by atoms with Gasteiger partial charge in [-0.2, -0.15) is 0 Å². The molecule has 2 heterocycles. The third-order valence-corrected chi connectivity index (χ3v) is 6.97. The summed E-state index contributed by atoms with van der Waals surface area (Å²) in [5.74, 6) is 1.67. The molecule has 154 valence electrons. The van der Waals surface area contributed by atoms with Crippen molar-refractivity contribution in [1.29, 1.82) is 0 Å². The summed E-state index contributed by atoms with van der Waals surface area (Å²) in [6.07, 6.45) is 0. The molecule has 0 saturated heterocycles. The zero-order chi connectivity index (χ0) is 21.1. The lowest BCUT2D eigenvalue weighted by Crippen LogP contribution is -2.81. The third kappa shape index (κ3) is 4.60. The van der Waals surface area contributed by atoms with Crippen LogP contribution in [0.3, 0.4) is 0 Å². The van der Waals surface area contributed by atoms with Crippen LogP contribution < -0.4 is 10.6 Å². The van der Waals surface area contributed by atoms with Crippen LogP contribution in [-0.2, 0) is 19.6 Å². The van der Waals surface area contributed by atoms with E-state index in [4.69, 9.17) is 33.2 Å². The first kappa shape index (κ1) is 21.1. The number of halogens is 2. The highest BCUT2D eigenvalue weighted by Gasteiger charge is 2.16. The number of fused-ring (bicyclic) bond motifs is 1. The molecule has 0 amide bonds. The highest BCUT2D eigenvalue weighted by molar-refractivity contribution is 7.18. The number of anilines is 1.